The van der Waals surface area contributed by atoms with Crippen LogP contribution in [0.25, 0.3) is 11.1 Å². The molecular weight excluding hydrogens is 424 g/mol. The molecule has 0 saturated carbocycles. The molecular formula is C22H21F2N3O3S. The second kappa shape index (κ2) is 7.71. The Morgan fingerprint density at radius 2 is 2.06 bits per heavy atom. The summed E-state index contributed by atoms with van der Waals surface area (Å²) in [7, 11) is -2.74. The van der Waals surface area contributed by atoms with Gasteiger partial charge in [-0.25, -0.2) is 13.0 Å². The van der Waals surface area contributed by atoms with E-state index < -0.39 is 27.4 Å². The summed E-state index contributed by atoms with van der Waals surface area (Å²) in [5, 5.41) is 0. The van der Waals surface area contributed by atoms with Crippen LogP contribution < -0.4 is 4.90 Å². The van der Waals surface area contributed by atoms with E-state index in [0.717, 1.165) is 11.1 Å². The predicted octanol–water partition coefficient (Wildman–Crippen LogP) is 4.04. The van der Waals surface area contributed by atoms with E-state index in [1.54, 1.807) is 18.2 Å². The molecule has 2 atom stereocenters. The van der Waals surface area contributed by atoms with Gasteiger partial charge in [0.1, 0.15) is 11.3 Å². The van der Waals surface area contributed by atoms with Gasteiger partial charge in [-0.2, -0.15) is 9.35 Å². The van der Waals surface area contributed by atoms with Gasteiger partial charge in [0.25, 0.3) is 11.9 Å². The van der Waals surface area contributed by atoms with Crippen molar-refractivity contribution in [3.63, 3.8) is 0 Å². The molecule has 1 fully saturated rings. The average molecular weight is 445 g/mol. The molecule has 1 aliphatic heterocycles. The molecule has 1 saturated heterocycles. The van der Waals surface area contributed by atoms with Crippen molar-refractivity contribution >= 4 is 32.8 Å². The largest absolute Gasteiger partial charge is 0.420 e. The summed E-state index contributed by atoms with van der Waals surface area (Å²) in [6, 6.07) is 9.26. The normalized spacial score (nSPS) is 23.5. The van der Waals surface area contributed by atoms with Crippen LogP contribution in [-0.4, -0.2) is 39.7 Å². The summed E-state index contributed by atoms with van der Waals surface area (Å²) in [6.45, 7) is 0.872. The third-order valence-electron chi connectivity index (χ3n) is 5.93. The molecule has 6 nitrogen and oxygen atoms in total. The first-order valence-electron chi connectivity index (χ1n) is 10.3. The van der Waals surface area contributed by atoms with Gasteiger partial charge in [-0.1, -0.05) is 12.1 Å². The lowest BCUT2D eigenvalue weighted by molar-refractivity contribution is -0.119. The molecule has 0 bridgehead atoms. The minimum Gasteiger partial charge on any atom is -0.420 e. The molecule has 162 valence electrons. The third-order valence-corrected chi connectivity index (χ3v) is 8.19. The molecule has 31 heavy (non-hydrogen) atoms. The third kappa shape index (κ3) is 3.82. The van der Waals surface area contributed by atoms with Gasteiger partial charge in [0.2, 0.25) is 0 Å². The average Bonchev–Trinajstić information content (AvgIpc) is 3.30. The number of hydrogen-bond donors (Lipinski definition) is 0. The van der Waals surface area contributed by atoms with E-state index >= 15 is 0 Å². The van der Waals surface area contributed by atoms with Crippen LogP contribution in [0, 0.1) is 11.6 Å². The molecule has 1 aromatic heterocycles. The molecule has 2 aliphatic rings. The molecule has 9 heteroatoms. The number of rotatable bonds is 2. The minimum absolute atomic E-state index is 0.0960. The monoisotopic (exact) mass is 445 g/mol. The van der Waals surface area contributed by atoms with Crippen molar-refractivity contribution in [3.05, 3.63) is 59.2 Å². The van der Waals surface area contributed by atoms with Crippen LogP contribution in [0.2, 0.25) is 0 Å². The van der Waals surface area contributed by atoms with Gasteiger partial charge in [-0.15, -0.1) is 0 Å². The summed E-state index contributed by atoms with van der Waals surface area (Å²) in [5.41, 5.74) is 2.12. The number of benzene rings is 2. The van der Waals surface area contributed by atoms with Gasteiger partial charge in [0, 0.05) is 24.6 Å². The number of aryl methyl sites for hydroxylation is 1. The molecule has 5 rings (SSSR count). The maximum Gasteiger partial charge on any atom is 0.298 e. The summed E-state index contributed by atoms with van der Waals surface area (Å²) in [6.07, 6.45) is 1.71. The van der Waals surface area contributed by atoms with E-state index in [1.165, 1.54) is 18.2 Å². The highest BCUT2D eigenvalue weighted by Crippen LogP contribution is 2.35. The highest BCUT2D eigenvalue weighted by Gasteiger charge is 2.31. The van der Waals surface area contributed by atoms with Crippen LogP contribution in [-0.2, 0) is 20.9 Å². The molecule has 3 aromatic rings. The first kappa shape index (κ1) is 20.1. The fraction of sp³-hybridized carbons (Fsp3) is 0.364. The van der Waals surface area contributed by atoms with Gasteiger partial charge in [0.15, 0.2) is 11.4 Å². The van der Waals surface area contributed by atoms with Crippen LogP contribution in [0.1, 0.15) is 29.9 Å². The van der Waals surface area contributed by atoms with Crippen molar-refractivity contribution in [2.45, 2.75) is 25.2 Å². The molecule has 2 heterocycles. The number of fused-ring (bicyclic) bond motifs is 2. The smallest absolute Gasteiger partial charge is 0.298 e. The number of carbonyl (C=O) groups is 1. The first-order chi connectivity index (χ1) is 14.9. The molecule has 0 spiro atoms. The Morgan fingerprint density at radius 3 is 2.90 bits per heavy atom. The number of aromatic nitrogens is 1. The summed E-state index contributed by atoms with van der Waals surface area (Å²) < 4.78 is 50.5. The zero-order valence-electron chi connectivity index (χ0n) is 16.7. The van der Waals surface area contributed by atoms with E-state index in [1.807, 2.05) is 4.90 Å². The standard InChI is InChI=1S/C22H21F2N3O3S/c23-15-6-8-16-14(13-15)5-7-17(16)21(28)26-31(29)11-2-9-27(10-12-31)22-25-19-4-1-3-18(24)20(19)30-22/h1,3-4,6,8,13,17H,2,5,7,9-12H2. The van der Waals surface area contributed by atoms with Crippen LogP contribution in [0.3, 0.4) is 0 Å². The van der Waals surface area contributed by atoms with Crippen LogP contribution in [0.4, 0.5) is 14.8 Å². The highest BCUT2D eigenvalue weighted by atomic mass is 32.2. The summed E-state index contributed by atoms with van der Waals surface area (Å²) in [5.74, 6) is -1.17. The maximum atomic E-state index is 13.9. The molecule has 0 radical (unpaired) electrons. The van der Waals surface area contributed by atoms with Crippen molar-refractivity contribution < 1.29 is 22.2 Å². The Labute approximate surface area is 178 Å². The van der Waals surface area contributed by atoms with Crippen molar-refractivity contribution in [1.29, 1.82) is 0 Å². The number of oxazole rings is 1. The Morgan fingerprint density at radius 1 is 1.19 bits per heavy atom. The predicted molar refractivity (Wildman–Crippen MR) is 114 cm³/mol. The number of para-hydroxylation sites is 1. The zero-order chi connectivity index (χ0) is 21.6. The van der Waals surface area contributed by atoms with Gasteiger partial charge >= 0.3 is 0 Å². The molecule has 0 N–H and O–H groups in total. The molecule has 1 aliphatic carbocycles. The number of anilines is 1. The van der Waals surface area contributed by atoms with Gasteiger partial charge in [-0.05, 0) is 54.7 Å². The van der Waals surface area contributed by atoms with Crippen molar-refractivity contribution in [2.24, 2.45) is 4.36 Å². The van der Waals surface area contributed by atoms with Crippen LogP contribution >= 0.6 is 0 Å². The summed E-state index contributed by atoms with van der Waals surface area (Å²) >= 11 is 0. The van der Waals surface area contributed by atoms with Gasteiger partial charge < -0.3 is 9.32 Å². The SMILES string of the molecule is O=C(N=S1(=O)CCCN(c2nc3cccc(F)c3o2)CC1)C1CCc2cc(F)ccc21. The number of halogens is 2. The topological polar surface area (TPSA) is 75.8 Å². The maximum absolute atomic E-state index is 13.9. The first-order valence-corrected chi connectivity index (χ1v) is 12.1. The number of amides is 1. The number of nitrogens with zero attached hydrogens (tertiary/aromatic N) is 3. The van der Waals surface area contributed by atoms with Crippen LogP contribution in [0.5, 0.6) is 0 Å². The Hall–Kier alpha value is -2.81. The minimum atomic E-state index is -2.74. The second-order valence-corrected chi connectivity index (χ2v) is 10.5. The fourth-order valence-electron chi connectivity index (χ4n) is 4.34. The lowest BCUT2D eigenvalue weighted by atomic mass is 10.0. The highest BCUT2D eigenvalue weighted by molar-refractivity contribution is 7.93. The number of hydrogen-bond acceptors (Lipinski definition) is 5. The summed E-state index contributed by atoms with van der Waals surface area (Å²) in [4.78, 5) is 19.0. The zero-order valence-corrected chi connectivity index (χ0v) is 17.5. The van der Waals surface area contributed by atoms with E-state index in [-0.39, 0.29) is 23.2 Å². The van der Waals surface area contributed by atoms with Crippen LogP contribution in [0.15, 0.2) is 45.2 Å². The van der Waals surface area contributed by atoms with E-state index in [2.05, 4.69) is 9.35 Å². The van der Waals surface area contributed by atoms with E-state index in [9.17, 15) is 17.8 Å². The second-order valence-electron chi connectivity index (χ2n) is 7.97. The van der Waals surface area contributed by atoms with Crippen molar-refractivity contribution in [1.82, 2.24) is 4.98 Å². The van der Waals surface area contributed by atoms with Crippen molar-refractivity contribution in [3.8, 4) is 0 Å². The Kier molecular flexibility index (Phi) is 5.00. The quantitative estimate of drug-likeness (QED) is 0.595. The number of carbonyl (C=O) groups excluding carboxylic acids is 1. The lowest BCUT2D eigenvalue weighted by Crippen LogP contribution is -2.27. The fourth-order valence-corrected chi connectivity index (χ4v) is 6.27. The lowest BCUT2D eigenvalue weighted by Gasteiger charge is -2.16. The van der Waals surface area contributed by atoms with E-state index in [4.69, 9.17) is 4.42 Å². The Bertz CT molecular complexity index is 1300. The van der Waals surface area contributed by atoms with Gasteiger partial charge in [-0.3, -0.25) is 4.79 Å². The van der Waals surface area contributed by atoms with Gasteiger partial charge in [0.05, 0.1) is 15.6 Å². The Balaban J connectivity index is 1.35. The molecule has 2 unspecified atom stereocenters. The van der Waals surface area contributed by atoms with Crippen molar-refractivity contribution in [2.75, 3.05) is 29.5 Å². The molecule has 1 amide bonds. The molecule has 2 aromatic carbocycles. The van der Waals surface area contributed by atoms with E-state index in [0.29, 0.717) is 43.6 Å².